The van der Waals surface area contributed by atoms with Gasteiger partial charge in [0.25, 0.3) is 0 Å². The van der Waals surface area contributed by atoms with Crippen molar-refractivity contribution in [2.45, 2.75) is 39.7 Å². The summed E-state index contributed by atoms with van der Waals surface area (Å²) < 4.78 is 6.49. The van der Waals surface area contributed by atoms with Crippen LogP contribution >= 0.6 is 0 Å². The van der Waals surface area contributed by atoms with E-state index in [0.29, 0.717) is 6.54 Å². The number of aryl methyl sites for hydroxylation is 1. The van der Waals surface area contributed by atoms with Gasteiger partial charge in [-0.25, -0.2) is 4.79 Å². The van der Waals surface area contributed by atoms with E-state index in [1.165, 1.54) is 4.57 Å². The highest BCUT2D eigenvalue weighted by Crippen LogP contribution is 2.17. The fraction of sp³-hybridized carbons (Fsp3) is 0.462. The maximum absolute atomic E-state index is 11.9. The summed E-state index contributed by atoms with van der Waals surface area (Å²) in [7, 11) is 0. The summed E-state index contributed by atoms with van der Waals surface area (Å²) in [5, 5.41) is 3.86. The molecule has 2 aromatic heterocycles. The molecule has 0 spiro atoms. The van der Waals surface area contributed by atoms with E-state index in [2.05, 4.69) is 10.1 Å². The summed E-state index contributed by atoms with van der Waals surface area (Å²) in [5.74, 6) is 0.734. The molecule has 0 aliphatic heterocycles. The second-order valence-corrected chi connectivity index (χ2v) is 5.40. The Morgan fingerprint density at radius 2 is 2.11 bits per heavy atom. The van der Waals surface area contributed by atoms with Crippen molar-refractivity contribution in [2.75, 3.05) is 0 Å². The minimum atomic E-state index is -0.261. The van der Waals surface area contributed by atoms with Gasteiger partial charge >= 0.3 is 5.69 Å². The number of nitrogens with zero attached hydrogens (tertiary/aromatic N) is 3. The lowest BCUT2D eigenvalue weighted by molar-refractivity contribution is 0.388. The third-order valence-electron chi connectivity index (χ3n) is 2.65. The van der Waals surface area contributed by atoms with Crippen LogP contribution in [0, 0.1) is 6.92 Å². The Balaban J connectivity index is 2.28. The fourth-order valence-corrected chi connectivity index (χ4v) is 1.63. The van der Waals surface area contributed by atoms with Gasteiger partial charge in [0.15, 0.2) is 0 Å². The van der Waals surface area contributed by atoms with E-state index in [4.69, 9.17) is 4.52 Å². The molecule has 0 N–H and O–H groups in total. The van der Waals surface area contributed by atoms with Crippen LogP contribution in [0.4, 0.5) is 0 Å². The minimum Gasteiger partial charge on any atom is -0.361 e. The molecule has 0 fully saturated rings. The Hall–Kier alpha value is -1.91. The molecule has 0 atom stereocenters. The van der Waals surface area contributed by atoms with Crippen LogP contribution in [0.25, 0.3) is 0 Å². The summed E-state index contributed by atoms with van der Waals surface area (Å²) in [4.78, 5) is 16.0. The average Bonchev–Trinajstić information content (AvgIpc) is 2.65. The van der Waals surface area contributed by atoms with Gasteiger partial charge in [0, 0.05) is 17.7 Å². The van der Waals surface area contributed by atoms with E-state index in [9.17, 15) is 4.79 Å². The van der Waals surface area contributed by atoms with Crippen molar-refractivity contribution in [3.63, 3.8) is 0 Å². The maximum atomic E-state index is 11.9. The molecule has 0 saturated carbocycles. The molecule has 2 heterocycles. The minimum absolute atomic E-state index is 0.122. The zero-order valence-corrected chi connectivity index (χ0v) is 11.1. The Kier molecular flexibility index (Phi) is 3.07. The largest absolute Gasteiger partial charge is 0.361 e. The van der Waals surface area contributed by atoms with Crippen molar-refractivity contribution in [3.8, 4) is 0 Å². The first-order chi connectivity index (χ1) is 8.36. The SMILES string of the molecule is Cc1cc(Cn2ccc(C(C)(C)C)nc2=O)no1. The monoisotopic (exact) mass is 247 g/mol. The second-order valence-electron chi connectivity index (χ2n) is 5.40. The van der Waals surface area contributed by atoms with Gasteiger partial charge in [-0.1, -0.05) is 25.9 Å². The van der Waals surface area contributed by atoms with E-state index in [1.807, 2.05) is 39.8 Å². The predicted molar refractivity (Wildman–Crippen MR) is 67.5 cm³/mol. The smallest absolute Gasteiger partial charge is 0.348 e. The molecule has 0 unspecified atom stereocenters. The lowest BCUT2D eigenvalue weighted by Crippen LogP contribution is -2.27. The van der Waals surface area contributed by atoms with Crippen LogP contribution in [0.1, 0.15) is 37.9 Å². The molecular weight excluding hydrogens is 230 g/mol. The summed E-state index contributed by atoms with van der Waals surface area (Å²) in [5.41, 5.74) is 1.13. The topological polar surface area (TPSA) is 60.9 Å². The van der Waals surface area contributed by atoms with Crippen molar-refractivity contribution in [1.82, 2.24) is 14.7 Å². The second kappa shape index (κ2) is 4.40. The summed E-state index contributed by atoms with van der Waals surface area (Å²) in [6.45, 7) is 8.29. The van der Waals surface area contributed by atoms with Crippen molar-refractivity contribution in [3.05, 3.63) is 46.0 Å². The third-order valence-corrected chi connectivity index (χ3v) is 2.65. The van der Waals surface area contributed by atoms with Crippen molar-refractivity contribution >= 4 is 0 Å². The van der Waals surface area contributed by atoms with Gasteiger partial charge in [0.05, 0.1) is 12.2 Å². The third kappa shape index (κ3) is 2.67. The van der Waals surface area contributed by atoms with Gasteiger partial charge in [0.2, 0.25) is 0 Å². The predicted octanol–water partition coefficient (Wildman–Crippen LogP) is 1.89. The Labute approximate surface area is 105 Å². The van der Waals surface area contributed by atoms with Gasteiger partial charge in [0.1, 0.15) is 11.5 Å². The molecule has 96 valence electrons. The van der Waals surface area contributed by atoms with Crippen LogP contribution < -0.4 is 5.69 Å². The molecule has 0 bridgehead atoms. The molecule has 0 radical (unpaired) electrons. The molecule has 0 aliphatic carbocycles. The number of hydrogen-bond donors (Lipinski definition) is 0. The van der Waals surface area contributed by atoms with E-state index in [-0.39, 0.29) is 11.1 Å². The van der Waals surface area contributed by atoms with E-state index in [0.717, 1.165) is 17.1 Å². The highest BCUT2D eigenvalue weighted by Gasteiger charge is 2.16. The summed E-state index contributed by atoms with van der Waals surface area (Å²) in [6.07, 6.45) is 1.75. The molecule has 18 heavy (non-hydrogen) atoms. The van der Waals surface area contributed by atoms with Crippen LogP contribution in [-0.4, -0.2) is 14.7 Å². The van der Waals surface area contributed by atoms with Crippen LogP contribution in [-0.2, 0) is 12.0 Å². The van der Waals surface area contributed by atoms with Crippen molar-refractivity contribution < 1.29 is 4.52 Å². The maximum Gasteiger partial charge on any atom is 0.348 e. The van der Waals surface area contributed by atoms with Crippen LogP contribution in [0.15, 0.2) is 27.6 Å². The zero-order chi connectivity index (χ0) is 13.3. The first-order valence-electron chi connectivity index (χ1n) is 5.86. The van der Waals surface area contributed by atoms with Crippen molar-refractivity contribution in [1.29, 1.82) is 0 Å². The highest BCUT2D eigenvalue weighted by atomic mass is 16.5. The summed E-state index contributed by atoms with van der Waals surface area (Å²) in [6, 6.07) is 3.68. The van der Waals surface area contributed by atoms with Crippen LogP contribution in [0.5, 0.6) is 0 Å². The molecule has 0 amide bonds. The standard InChI is InChI=1S/C13H17N3O2/c1-9-7-10(15-18-9)8-16-6-5-11(13(2,3)4)14-12(16)17/h5-7H,8H2,1-4H3. The normalized spacial score (nSPS) is 11.8. The Morgan fingerprint density at radius 1 is 1.39 bits per heavy atom. The highest BCUT2D eigenvalue weighted by molar-refractivity contribution is 5.11. The fourth-order valence-electron chi connectivity index (χ4n) is 1.63. The zero-order valence-electron chi connectivity index (χ0n) is 11.1. The number of aromatic nitrogens is 3. The van der Waals surface area contributed by atoms with E-state index in [1.54, 1.807) is 6.20 Å². The van der Waals surface area contributed by atoms with Gasteiger partial charge in [-0.2, -0.15) is 4.98 Å². The molecular formula is C13H17N3O2. The van der Waals surface area contributed by atoms with Crippen molar-refractivity contribution in [2.24, 2.45) is 0 Å². The molecule has 2 aromatic rings. The van der Waals surface area contributed by atoms with E-state index >= 15 is 0 Å². The van der Waals surface area contributed by atoms with Gasteiger partial charge in [-0.3, -0.25) is 4.57 Å². The summed E-state index contributed by atoms with van der Waals surface area (Å²) >= 11 is 0. The Bertz CT molecular complexity index is 605. The lowest BCUT2D eigenvalue weighted by atomic mass is 9.92. The molecule has 5 nitrogen and oxygen atoms in total. The van der Waals surface area contributed by atoms with Gasteiger partial charge in [-0.15, -0.1) is 0 Å². The number of hydrogen-bond acceptors (Lipinski definition) is 4. The molecule has 0 aromatic carbocycles. The molecule has 0 saturated heterocycles. The first-order valence-corrected chi connectivity index (χ1v) is 5.86. The first kappa shape index (κ1) is 12.5. The van der Waals surface area contributed by atoms with E-state index < -0.39 is 0 Å². The lowest BCUT2D eigenvalue weighted by Gasteiger charge is -2.17. The average molecular weight is 247 g/mol. The van der Waals surface area contributed by atoms with Crippen LogP contribution in [0.2, 0.25) is 0 Å². The van der Waals surface area contributed by atoms with Crippen LogP contribution in [0.3, 0.4) is 0 Å². The molecule has 2 rings (SSSR count). The molecule has 5 heteroatoms. The quantitative estimate of drug-likeness (QED) is 0.813. The van der Waals surface area contributed by atoms with Gasteiger partial charge in [-0.05, 0) is 13.0 Å². The Morgan fingerprint density at radius 3 is 2.61 bits per heavy atom. The molecule has 0 aliphatic rings. The van der Waals surface area contributed by atoms with Gasteiger partial charge < -0.3 is 4.52 Å². The number of rotatable bonds is 2.